The topological polar surface area (TPSA) is 70.7 Å². The van der Waals surface area contributed by atoms with E-state index < -0.39 is 5.91 Å². The highest BCUT2D eigenvalue weighted by Gasteiger charge is 2.41. The largest absolute Gasteiger partial charge is 0.366 e. The van der Waals surface area contributed by atoms with E-state index in [1.54, 1.807) is 6.07 Å². The van der Waals surface area contributed by atoms with E-state index in [-0.39, 0.29) is 0 Å². The quantitative estimate of drug-likeness (QED) is 0.659. The maximum atomic E-state index is 11.3. The second kappa shape index (κ2) is 7.24. The third-order valence-electron chi connectivity index (χ3n) is 5.36. The summed E-state index contributed by atoms with van der Waals surface area (Å²) in [5, 5.41) is 3.42. The molecule has 1 aromatic rings. The van der Waals surface area contributed by atoms with E-state index in [1.165, 1.54) is 32.1 Å². The van der Waals surface area contributed by atoms with E-state index in [0.717, 1.165) is 31.2 Å². The fourth-order valence-electron chi connectivity index (χ4n) is 4.06. The number of hydrogen-bond acceptors (Lipinski definition) is 2. The molecule has 1 heterocycles. The first-order valence-electron chi connectivity index (χ1n) is 9.04. The number of carbonyl (C=O) groups is 1. The van der Waals surface area contributed by atoms with Crippen molar-refractivity contribution < 1.29 is 4.79 Å². The van der Waals surface area contributed by atoms with Gasteiger partial charge in [0.1, 0.15) is 0 Å². The second-order valence-electron chi connectivity index (χ2n) is 7.11. The Morgan fingerprint density at radius 1 is 1.33 bits per heavy atom. The number of benzene rings is 1. The maximum Gasteiger partial charge on any atom is 0.248 e. The van der Waals surface area contributed by atoms with Gasteiger partial charge in [-0.2, -0.15) is 0 Å². The van der Waals surface area contributed by atoms with E-state index in [2.05, 4.69) is 17.1 Å². The van der Waals surface area contributed by atoms with Crippen molar-refractivity contribution in [2.45, 2.75) is 45.6 Å². The highest BCUT2D eigenvalue weighted by molar-refractivity contribution is 5.92. The van der Waals surface area contributed by atoms with Crippen LogP contribution >= 0.6 is 0 Å². The lowest BCUT2D eigenvalue weighted by molar-refractivity contribution is 0.1000. The minimum absolute atomic E-state index is 0.393. The summed E-state index contributed by atoms with van der Waals surface area (Å²) in [5.41, 5.74) is 7.44. The van der Waals surface area contributed by atoms with Gasteiger partial charge < -0.3 is 16.0 Å². The number of likely N-dealkylation sites (tertiary alicyclic amines) is 1. The van der Waals surface area contributed by atoms with Crippen LogP contribution in [0.1, 0.15) is 54.9 Å². The van der Waals surface area contributed by atoms with Crippen LogP contribution in [-0.4, -0.2) is 36.4 Å². The van der Waals surface area contributed by atoms with Crippen LogP contribution < -0.4 is 11.1 Å². The van der Waals surface area contributed by atoms with Gasteiger partial charge in [-0.3, -0.25) is 4.79 Å². The summed E-state index contributed by atoms with van der Waals surface area (Å²) in [6, 6.07) is 7.42. The van der Waals surface area contributed by atoms with Crippen molar-refractivity contribution >= 4 is 11.9 Å². The van der Waals surface area contributed by atoms with Crippen LogP contribution in [0.5, 0.6) is 0 Å². The Balaban J connectivity index is 1.70. The average Bonchev–Trinajstić information content (AvgIpc) is 3.22. The SMILES string of the molecule is CCNC(=NCc1cccc(C(N)=O)c1)N1CCC2(CCCC2)C1. The van der Waals surface area contributed by atoms with Crippen molar-refractivity contribution in [1.82, 2.24) is 10.2 Å². The van der Waals surface area contributed by atoms with Crippen molar-refractivity contribution in [3.8, 4) is 0 Å². The summed E-state index contributed by atoms with van der Waals surface area (Å²) in [7, 11) is 0. The molecule has 0 atom stereocenters. The van der Waals surface area contributed by atoms with E-state index in [0.29, 0.717) is 17.5 Å². The Hall–Kier alpha value is -2.04. The number of nitrogens with two attached hydrogens (primary N) is 1. The van der Waals surface area contributed by atoms with E-state index in [1.807, 2.05) is 18.2 Å². The Labute approximate surface area is 144 Å². The average molecular weight is 328 g/mol. The molecule has 1 aliphatic heterocycles. The molecule has 1 spiro atoms. The molecule has 0 bridgehead atoms. The summed E-state index contributed by atoms with van der Waals surface area (Å²) >= 11 is 0. The third kappa shape index (κ3) is 3.71. The van der Waals surface area contributed by atoms with Crippen LogP contribution in [0.2, 0.25) is 0 Å². The maximum absolute atomic E-state index is 11.3. The lowest BCUT2D eigenvalue weighted by atomic mass is 9.86. The Morgan fingerprint density at radius 3 is 2.83 bits per heavy atom. The zero-order valence-corrected chi connectivity index (χ0v) is 14.6. The van der Waals surface area contributed by atoms with Gasteiger partial charge in [0.15, 0.2) is 5.96 Å². The molecule has 0 aromatic heterocycles. The molecule has 5 heteroatoms. The minimum Gasteiger partial charge on any atom is -0.366 e. The number of aliphatic imine (C=N–C) groups is 1. The Kier molecular flexibility index (Phi) is 5.07. The number of amides is 1. The van der Waals surface area contributed by atoms with Crippen LogP contribution in [0, 0.1) is 5.41 Å². The predicted molar refractivity (Wildman–Crippen MR) is 96.9 cm³/mol. The highest BCUT2D eigenvalue weighted by atomic mass is 16.1. The first kappa shape index (κ1) is 16.8. The monoisotopic (exact) mass is 328 g/mol. The molecule has 130 valence electrons. The number of rotatable bonds is 4. The molecule has 5 nitrogen and oxygen atoms in total. The fraction of sp³-hybridized carbons (Fsp3) is 0.579. The van der Waals surface area contributed by atoms with Gasteiger partial charge in [-0.05, 0) is 49.3 Å². The minimum atomic E-state index is -0.393. The van der Waals surface area contributed by atoms with Crippen LogP contribution in [-0.2, 0) is 6.54 Å². The third-order valence-corrected chi connectivity index (χ3v) is 5.36. The molecule has 3 N–H and O–H groups in total. The molecular formula is C19H28N4O. The normalized spacial score (nSPS) is 19.9. The lowest BCUT2D eigenvalue weighted by Crippen LogP contribution is -2.41. The van der Waals surface area contributed by atoms with E-state index in [9.17, 15) is 4.79 Å². The fourth-order valence-corrected chi connectivity index (χ4v) is 4.06. The molecule has 24 heavy (non-hydrogen) atoms. The number of nitrogens with one attached hydrogen (secondary N) is 1. The van der Waals surface area contributed by atoms with Gasteiger partial charge in [0.25, 0.3) is 0 Å². The van der Waals surface area contributed by atoms with Gasteiger partial charge >= 0.3 is 0 Å². The number of nitrogens with zero attached hydrogens (tertiary/aromatic N) is 2. The zero-order valence-electron chi connectivity index (χ0n) is 14.6. The van der Waals surface area contributed by atoms with Gasteiger partial charge in [-0.1, -0.05) is 25.0 Å². The molecule has 0 unspecified atom stereocenters. The zero-order chi connectivity index (χ0) is 17.0. The molecular weight excluding hydrogens is 300 g/mol. The molecule has 0 radical (unpaired) electrons. The van der Waals surface area contributed by atoms with Crippen molar-refractivity contribution in [3.05, 3.63) is 35.4 Å². The lowest BCUT2D eigenvalue weighted by Gasteiger charge is -2.26. The molecule has 2 aliphatic rings. The van der Waals surface area contributed by atoms with E-state index >= 15 is 0 Å². The molecule has 3 rings (SSSR count). The molecule has 1 aliphatic carbocycles. The molecule has 1 saturated carbocycles. The summed E-state index contributed by atoms with van der Waals surface area (Å²) in [6.45, 7) is 5.74. The Morgan fingerprint density at radius 2 is 2.12 bits per heavy atom. The van der Waals surface area contributed by atoms with Crippen molar-refractivity contribution in [2.75, 3.05) is 19.6 Å². The van der Waals surface area contributed by atoms with Crippen LogP contribution in [0.15, 0.2) is 29.3 Å². The summed E-state index contributed by atoms with van der Waals surface area (Å²) < 4.78 is 0. The van der Waals surface area contributed by atoms with E-state index in [4.69, 9.17) is 10.7 Å². The van der Waals surface area contributed by atoms with Gasteiger partial charge in [-0.25, -0.2) is 4.99 Å². The van der Waals surface area contributed by atoms with Crippen LogP contribution in [0.25, 0.3) is 0 Å². The first-order valence-corrected chi connectivity index (χ1v) is 9.04. The summed E-state index contributed by atoms with van der Waals surface area (Å²) in [6.07, 6.45) is 6.77. The molecule has 1 saturated heterocycles. The summed E-state index contributed by atoms with van der Waals surface area (Å²) in [4.78, 5) is 18.5. The first-order chi connectivity index (χ1) is 11.6. The standard InChI is InChI=1S/C19H28N4O/c1-2-21-18(23-11-10-19(14-23)8-3-4-9-19)22-13-15-6-5-7-16(12-15)17(20)24/h5-7,12H,2-4,8-11,13-14H2,1H3,(H2,20,24)(H,21,22). The van der Waals surface area contributed by atoms with Gasteiger partial charge in [0, 0.05) is 25.2 Å². The second-order valence-corrected chi connectivity index (χ2v) is 7.11. The predicted octanol–water partition coefficient (Wildman–Crippen LogP) is 2.52. The van der Waals surface area contributed by atoms with Crippen molar-refractivity contribution in [2.24, 2.45) is 16.1 Å². The molecule has 1 aromatic carbocycles. The molecule has 2 fully saturated rings. The van der Waals surface area contributed by atoms with Crippen LogP contribution in [0.4, 0.5) is 0 Å². The van der Waals surface area contributed by atoms with Crippen LogP contribution in [0.3, 0.4) is 0 Å². The number of carbonyl (C=O) groups excluding carboxylic acids is 1. The molecule has 1 amide bonds. The summed E-state index contributed by atoms with van der Waals surface area (Å²) in [5.74, 6) is 0.598. The van der Waals surface area contributed by atoms with Crippen molar-refractivity contribution in [3.63, 3.8) is 0 Å². The Bertz CT molecular complexity index is 620. The van der Waals surface area contributed by atoms with Gasteiger partial charge in [0.2, 0.25) is 5.91 Å². The number of guanidine groups is 1. The highest BCUT2D eigenvalue weighted by Crippen LogP contribution is 2.45. The van der Waals surface area contributed by atoms with Crippen molar-refractivity contribution in [1.29, 1.82) is 0 Å². The van der Waals surface area contributed by atoms with Gasteiger partial charge in [0.05, 0.1) is 6.54 Å². The van der Waals surface area contributed by atoms with Gasteiger partial charge in [-0.15, -0.1) is 0 Å². The smallest absolute Gasteiger partial charge is 0.248 e. The number of hydrogen-bond donors (Lipinski definition) is 2. The number of primary amides is 1.